The summed E-state index contributed by atoms with van der Waals surface area (Å²) in [6, 6.07) is 8.89. The van der Waals surface area contributed by atoms with Gasteiger partial charge in [0.1, 0.15) is 5.75 Å². The Morgan fingerprint density at radius 2 is 2.20 bits per heavy atom. The molecule has 3 rings (SSSR count). The summed E-state index contributed by atoms with van der Waals surface area (Å²) in [5.74, 6) is 1.04. The Morgan fingerprint density at radius 3 is 3.05 bits per heavy atom. The van der Waals surface area contributed by atoms with Crippen molar-refractivity contribution in [3.05, 3.63) is 29.8 Å². The average molecular weight is 274 g/mol. The highest BCUT2D eigenvalue weighted by molar-refractivity contribution is 5.79. The van der Waals surface area contributed by atoms with Crippen LogP contribution in [0.5, 0.6) is 5.75 Å². The molecule has 4 heteroatoms. The molecular formula is C16H22N2O2. The average Bonchev–Trinajstić information content (AvgIpc) is 2.78. The normalized spacial score (nSPS) is 25.4. The molecule has 1 aromatic rings. The van der Waals surface area contributed by atoms with Crippen LogP contribution < -0.4 is 10.1 Å². The standard InChI is InChI=1S/C16H22N2O2/c1-20-15-4-2-3-12(9-15)10-16(19)18-8-7-13-5-6-14(11-18)17-13/h2-4,9,13-14,17H,5-8,10-11H2,1H3. The van der Waals surface area contributed by atoms with Crippen LogP contribution in [0.15, 0.2) is 24.3 Å². The highest BCUT2D eigenvalue weighted by Gasteiger charge is 2.30. The number of methoxy groups -OCH3 is 1. The minimum absolute atomic E-state index is 0.229. The van der Waals surface area contributed by atoms with Crippen LogP contribution in [-0.4, -0.2) is 43.1 Å². The molecule has 2 unspecified atom stereocenters. The lowest BCUT2D eigenvalue weighted by Crippen LogP contribution is -2.39. The van der Waals surface area contributed by atoms with Gasteiger partial charge in [0, 0.05) is 25.2 Å². The van der Waals surface area contributed by atoms with Crippen LogP contribution in [0.25, 0.3) is 0 Å². The van der Waals surface area contributed by atoms with Crippen LogP contribution in [-0.2, 0) is 11.2 Å². The Labute approximate surface area is 120 Å². The largest absolute Gasteiger partial charge is 0.497 e. The van der Waals surface area contributed by atoms with Gasteiger partial charge < -0.3 is 15.0 Å². The Hall–Kier alpha value is -1.55. The number of carbonyl (C=O) groups excluding carboxylic acids is 1. The first kappa shape index (κ1) is 13.4. The number of hydrogen-bond donors (Lipinski definition) is 1. The van der Waals surface area contributed by atoms with Crippen LogP contribution in [0.4, 0.5) is 0 Å². The van der Waals surface area contributed by atoms with E-state index in [1.807, 2.05) is 29.2 Å². The second-order valence-corrected chi connectivity index (χ2v) is 5.79. The summed E-state index contributed by atoms with van der Waals surface area (Å²) < 4.78 is 5.21. The molecule has 2 atom stereocenters. The molecule has 2 aliphatic heterocycles. The topological polar surface area (TPSA) is 41.6 Å². The van der Waals surface area contributed by atoms with Gasteiger partial charge in [-0.15, -0.1) is 0 Å². The van der Waals surface area contributed by atoms with Crippen molar-refractivity contribution in [2.24, 2.45) is 0 Å². The summed E-state index contributed by atoms with van der Waals surface area (Å²) in [4.78, 5) is 14.5. The highest BCUT2D eigenvalue weighted by atomic mass is 16.5. The molecule has 4 nitrogen and oxygen atoms in total. The number of rotatable bonds is 3. The molecule has 2 bridgehead atoms. The van der Waals surface area contributed by atoms with E-state index in [4.69, 9.17) is 4.74 Å². The molecule has 1 aromatic carbocycles. The number of nitrogens with one attached hydrogen (secondary N) is 1. The van der Waals surface area contributed by atoms with Gasteiger partial charge in [0.25, 0.3) is 0 Å². The minimum Gasteiger partial charge on any atom is -0.497 e. The number of nitrogens with zero attached hydrogens (tertiary/aromatic N) is 1. The first-order valence-electron chi connectivity index (χ1n) is 7.41. The van der Waals surface area contributed by atoms with Crippen molar-refractivity contribution in [2.45, 2.75) is 37.8 Å². The number of likely N-dealkylation sites (tertiary alicyclic amines) is 1. The zero-order valence-electron chi connectivity index (χ0n) is 12.0. The molecule has 2 aliphatic rings. The van der Waals surface area contributed by atoms with Gasteiger partial charge in [0.05, 0.1) is 13.5 Å². The third-order valence-corrected chi connectivity index (χ3v) is 4.37. The van der Waals surface area contributed by atoms with Crippen LogP contribution in [0.3, 0.4) is 0 Å². The molecule has 2 fully saturated rings. The van der Waals surface area contributed by atoms with Gasteiger partial charge in [-0.05, 0) is 37.0 Å². The summed E-state index contributed by atoms with van der Waals surface area (Å²) in [6.45, 7) is 1.75. The van der Waals surface area contributed by atoms with Crippen molar-refractivity contribution in [1.82, 2.24) is 10.2 Å². The summed E-state index contributed by atoms with van der Waals surface area (Å²) in [5, 5.41) is 3.61. The predicted octanol–water partition coefficient (Wildman–Crippen LogP) is 1.59. The summed E-state index contributed by atoms with van der Waals surface area (Å²) in [6.07, 6.45) is 4.02. The predicted molar refractivity (Wildman–Crippen MR) is 77.8 cm³/mol. The Balaban J connectivity index is 1.63. The molecule has 0 aliphatic carbocycles. The van der Waals surface area contributed by atoms with E-state index >= 15 is 0 Å². The van der Waals surface area contributed by atoms with Crippen molar-refractivity contribution in [3.8, 4) is 5.75 Å². The summed E-state index contributed by atoms with van der Waals surface area (Å²) in [7, 11) is 1.65. The van der Waals surface area contributed by atoms with Crippen molar-refractivity contribution in [3.63, 3.8) is 0 Å². The number of benzene rings is 1. The third kappa shape index (κ3) is 2.96. The molecule has 0 aromatic heterocycles. The van der Waals surface area contributed by atoms with Crippen molar-refractivity contribution >= 4 is 5.91 Å². The second-order valence-electron chi connectivity index (χ2n) is 5.79. The maximum absolute atomic E-state index is 12.5. The van der Waals surface area contributed by atoms with E-state index in [1.54, 1.807) is 7.11 Å². The van der Waals surface area contributed by atoms with E-state index < -0.39 is 0 Å². The number of amides is 1. The van der Waals surface area contributed by atoms with E-state index in [0.29, 0.717) is 18.5 Å². The zero-order valence-corrected chi connectivity index (χ0v) is 12.0. The highest BCUT2D eigenvalue weighted by Crippen LogP contribution is 2.21. The maximum atomic E-state index is 12.5. The number of carbonyl (C=O) groups is 1. The minimum atomic E-state index is 0.229. The van der Waals surface area contributed by atoms with Gasteiger partial charge in [-0.25, -0.2) is 0 Å². The smallest absolute Gasteiger partial charge is 0.227 e. The van der Waals surface area contributed by atoms with E-state index in [2.05, 4.69) is 5.32 Å². The lowest BCUT2D eigenvalue weighted by atomic mass is 10.1. The second kappa shape index (κ2) is 5.83. The van der Waals surface area contributed by atoms with E-state index in [9.17, 15) is 4.79 Å². The quantitative estimate of drug-likeness (QED) is 0.910. The lowest BCUT2D eigenvalue weighted by molar-refractivity contribution is -0.130. The third-order valence-electron chi connectivity index (χ3n) is 4.37. The van der Waals surface area contributed by atoms with Crippen LogP contribution in [0.1, 0.15) is 24.8 Å². The fourth-order valence-electron chi connectivity index (χ4n) is 3.24. The monoisotopic (exact) mass is 274 g/mol. The van der Waals surface area contributed by atoms with Gasteiger partial charge >= 0.3 is 0 Å². The summed E-state index contributed by atoms with van der Waals surface area (Å²) in [5.41, 5.74) is 1.02. The molecule has 1 amide bonds. The zero-order chi connectivity index (χ0) is 13.9. The summed E-state index contributed by atoms with van der Waals surface area (Å²) >= 11 is 0. The lowest BCUT2D eigenvalue weighted by Gasteiger charge is -2.24. The van der Waals surface area contributed by atoms with Gasteiger partial charge in [-0.1, -0.05) is 12.1 Å². The van der Waals surface area contributed by atoms with Gasteiger partial charge in [-0.2, -0.15) is 0 Å². The molecule has 0 radical (unpaired) electrons. The van der Waals surface area contributed by atoms with E-state index in [1.165, 1.54) is 12.8 Å². The van der Waals surface area contributed by atoms with Gasteiger partial charge in [-0.3, -0.25) is 4.79 Å². The molecule has 2 heterocycles. The maximum Gasteiger partial charge on any atom is 0.227 e. The SMILES string of the molecule is COc1cccc(CC(=O)N2CCC3CCC(C2)N3)c1. The Kier molecular flexibility index (Phi) is 3.92. The molecule has 0 saturated carbocycles. The van der Waals surface area contributed by atoms with Crippen LogP contribution >= 0.6 is 0 Å². The molecule has 20 heavy (non-hydrogen) atoms. The number of ether oxygens (including phenoxy) is 1. The van der Waals surface area contributed by atoms with Gasteiger partial charge in [0.2, 0.25) is 5.91 Å². The molecule has 2 saturated heterocycles. The van der Waals surface area contributed by atoms with Crippen LogP contribution in [0.2, 0.25) is 0 Å². The van der Waals surface area contributed by atoms with Gasteiger partial charge in [0.15, 0.2) is 0 Å². The fraction of sp³-hybridized carbons (Fsp3) is 0.562. The Bertz CT molecular complexity index is 489. The fourth-order valence-corrected chi connectivity index (χ4v) is 3.24. The van der Waals surface area contributed by atoms with E-state index in [-0.39, 0.29) is 5.91 Å². The van der Waals surface area contributed by atoms with Crippen molar-refractivity contribution < 1.29 is 9.53 Å². The van der Waals surface area contributed by atoms with Crippen molar-refractivity contribution in [2.75, 3.05) is 20.2 Å². The first-order valence-corrected chi connectivity index (χ1v) is 7.41. The molecule has 1 N–H and O–H groups in total. The number of hydrogen-bond acceptors (Lipinski definition) is 3. The number of fused-ring (bicyclic) bond motifs is 2. The molecule has 108 valence electrons. The van der Waals surface area contributed by atoms with Crippen molar-refractivity contribution in [1.29, 1.82) is 0 Å². The molecule has 0 spiro atoms. The van der Waals surface area contributed by atoms with Crippen LogP contribution in [0, 0.1) is 0 Å². The Morgan fingerprint density at radius 1 is 1.35 bits per heavy atom. The van der Waals surface area contributed by atoms with E-state index in [0.717, 1.165) is 30.8 Å². The first-order chi connectivity index (χ1) is 9.74. The molecular weight excluding hydrogens is 252 g/mol.